The molecule has 1 aromatic carbocycles. The van der Waals surface area contributed by atoms with Gasteiger partial charge in [-0.1, -0.05) is 11.6 Å². The average Bonchev–Trinajstić information content (AvgIpc) is 2.11. The Morgan fingerprint density at radius 2 is 2.21 bits per heavy atom. The number of carbonyl (C=O) groups is 1. The van der Waals surface area contributed by atoms with Gasteiger partial charge < -0.3 is 9.84 Å². The summed E-state index contributed by atoms with van der Waals surface area (Å²) in [5, 5.41) is 8.75. The van der Waals surface area contributed by atoms with E-state index in [4.69, 9.17) is 9.84 Å². The molecule has 1 N–H and O–H groups in total. The fourth-order valence-corrected chi connectivity index (χ4v) is 1.22. The number of hydrogen-bond acceptors (Lipinski definition) is 2. The van der Waals surface area contributed by atoms with Crippen LogP contribution in [0.15, 0.2) is 18.2 Å². The SMILES string of the molecule is COC(C(=O)O)c1cc(C)ccc1F. The Morgan fingerprint density at radius 1 is 1.57 bits per heavy atom. The van der Waals surface area contributed by atoms with Crippen LogP contribution in [0.3, 0.4) is 0 Å². The molecule has 0 saturated heterocycles. The zero-order valence-corrected chi connectivity index (χ0v) is 7.95. The molecule has 14 heavy (non-hydrogen) atoms. The Balaban J connectivity index is 3.15. The molecule has 1 unspecified atom stereocenters. The molecule has 0 aromatic heterocycles. The third kappa shape index (κ3) is 2.09. The first-order valence-electron chi connectivity index (χ1n) is 4.08. The first-order valence-corrected chi connectivity index (χ1v) is 4.08. The van der Waals surface area contributed by atoms with Gasteiger partial charge in [0.25, 0.3) is 0 Å². The predicted molar refractivity (Wildman–Crippen MR) is 48.5 cm³/mol. The molecule has 3 nitrogen and oxygen atoms in total. The standard InChI is InChI=1S/C10H11FO3/c1-6-3-4-8(11)7(5-6)9(14-2)10(12)13/h3-5,9H,1-2H3,(H,12,13). The minimum absolute atomic E-state index is 0.0556. The molecule has 0 aliphatic carbocycles. The summed E-state index contributed by atoms with van der Waals surface area (Å²) in [4.78, 5) is 10.7. The van der Waals surface area contributed by atoms with E-state index in [0.29, 0.717) is 0 Å². The number of methoxy groups -OCH3 is 1. The maximum absolute atomic E-state index is 13.2. The number of carboxylic acid groups (broad SMARTS) is 1. The van der Waals surface area contributed by atoms with Crippen molar-refractivity contribution in [3.63, 3.8) is 0 Å². The van der Waals surface area contributed by atoms with Crippen molar-refractivity contribution in [3.8, 4) is 0 Å². The van der Waals surface area contributed by atoms with Crippen molar-refractivity contribution in [3.05, 3.63) is 35.1 Å². The topological polar surface area (TPSA) is 46.5 Å². The van der Waals surface area contributed by atoms with Crippen molar-refractivity contribution < 1.29 is 19.0 Å². The Hall–Kier alpha value is -1.42. The van der Waals surface area contributed by atoms with E-state index >= 15 is 0 Å². The van der Waals surface area contributed by atoms with Gasteiger partial charge in [-0.05, 0) is 19.1 Å². The van der Waals surface area contributed by atoms with E-state index in [1.165, 1.54) is 19.2 Å². The third-order valence-corrected chi connectivity index (χ3v) is 1.89. The quantitative estimate of drug-likeness (QED) is 0.806. The lowest BCUT2D eigenvalue weighted by Gasteiger charge is -2.12. The van der Waals surface area contributed by atoms with E-state index in [1.54, 1.807) is 13.0 Å². The van der Waals surface area contributed by atoms with E-state index in [0.717, 1.165) is 5.56 Å². The molecule has 0 aliphatic rings. The summed E-state index contributed by atoms with van der Waals surface area (Å²) in [5.74, 6) is -1.76. The van der Waals surface area contributed by atoms with Crippen LogP contribution in [0.25, 0.3) is 0 Å². The van der Waals surface area contributed by atoms with Gasteiger partial charge in [0.15, 0.2) is 6.10 Å². The zero-order valence-electron chi connectivity index (χ0n) is 7.95. The molecule has 76 valence electrons. The van der Waals surface area contributed by atoms with Crippen LogP contribution >= 0.6 is 0 Å². The van der Waals surface area contributed by atoms with Crippen LogP contribution in [-0.4, -0.2) is 18.2 Å². The van der Waals surface area contributed by atoms with Crippen molar-refractivity contribution in [2.75, 3.05) is 7.11 Å². The monoisotopic (exact) mass is 198 g/mol. The fraction of sp³-hybridized carbons (Fsp3) is 0.300. The van der Waals surface area contributed by atoms with Crippen molar-refractivity contribution >= 4 is 5.97 Å². The van der Waals surface area contributed by atoms with E-state index in [9.17, 15) is 9.18 Å². The number of rotatable bonds is 3. The highest BCUT2D eigenvalue weighted by molar-refractivity contribution is 5.74. The van der Waals surface area contributed by atoms with E-state index in [1.807, 2.05) is 0 Å². The highest BCUT2D eigenvalue weighted by atomic mass is 19.1. The van der Waals surface area contributed by atoms with Gasteiger partial charge in [-0.2, -0.15) is 0 Å². The molecular weight excluding hydrogens is 187 g/mol. The van der Waals surface area contributed by atoms with Crippen molar-refractivity contribution in [1.29, 1.82) is 0 Å². The highest BCUT2D eigenvalue weighted by Gasteiger charge is 2.22. The van der Waals surface area contributed by atoms with Gasteiger partial charge >= 0.3 is 5.97 Å². The molecule has 0 heterocycles. The van der Waals surface area contributed by atoms with E-state index in [-0.39, 0.29) is 5.56 Å². The predicted octanol–water partition coefficient (Wildman–Crippen LogP) is 1.91. The minimum Gasteiger partial charge on any atom is -0.479 e. The number of aliphatic carboxylic acids is 1. The summed E-state index contributed by atoms with van der Waals surface area (Å²) >= 11 is 0. The molecule has 4 heteroatoms. The zero-order chi connectivity index (χ0) is 10.7. The van der Waals surface area contributed by atoms with Gasteiger partial charge in [0.1, 0.15) is 5.82 Å². The summed E-state index contributed by atoms with van der Waals surface area (Å²) in [6.07, 6.45) is -1.24. The summed E-state index contributed by atoms with van der Waals surface area (Å²) in [7, 11) is 1.24. The Labute approximate surface area is 81.1 Å². The lowest BCUT2D eigenvalue weighted by Crippen LogP contribution is -2.15. The Kier molecular flexibility index (Phi) is 3.19. The molecule has 0 spiro atoms. The maximum Gasteiger partial charge on any atom is 0.337 e. The van der Waals surface area contributed by atoms with Crippen LogP contribution in [0, 0.1) is 12.7 Å². The smallest absolute Gasteiger partial charge is 0.337 e. The fourth-order valence-electron chi connectivity index (χ4n) is 1.22. The van der Waals surface area contributed by atoms with Crippen molar-refractivity contribution in [2.24, 2.45) is 0 Å². The second kappa shape index (κ2) is 4.19. The van der Waals surface area contributed by atoms with Gasteiger partial charge in [0, 0.05) is 12.7 Å². The van der Waals surface area contributed by atoms with Crippen LogP contribution in [-0.2, 0) is 9.53 Å². The molecule has 1 rings (SSSR count). The van der Waals surface area contributed by atoms with Crippen LogP contribution in [0.5, 0.6) is 0 Å². The van der Waals surface area contributed by atoms with Crippen LogP contribution < -0.4 is 0 Å². The van der Waals surface area contributed by atoms with Gasteiger partial charge in [-0.25, -0.2) is 9.18 Å². The number of ether oxygens (including phenoxy) is 1. The third-order valence-electron chi connectivity index (χ3n) is 1.89. The number of halogens is 1. The number of hydrogen-bond donors (Lipinski definition) is 1. The molecule has 0 aliphatic heterocycles. The van der Waals surface area contributed by atoms with Gasteiger partial charge in [0.2, 0.25) is 0 Å². The number of aryl methyl sites for hydroxylation is 1. The van der Waals surface area contributed by atoms with Gasteiger partial charge in [0.05, 0.1) is 0 Å². The van der Waals surface area contributed by atoms with Crippen molar-refractivity contribution in [2.45, 2.75) is 13.0 Å². The first-order chi connectivity index (χ1) is 6.56. The highest BCUT2D eigenvalue weighted by Crippen LogP contribution is 2.21. The molecule has 0 amide bonds. The minimum atomic E-state index is -1.24. The average molecular weight is 198 g/mol. The van der Waals surface area contributed by atoms with E-state index < -0.39 is 17.9 Å². The Morgan fingerprint density at radius 3 is 2.71 bits per heavy atom. The molecule has 0 fully saturated rings. The number of benzene rings is 1. The second-order valence-corrected chi connectivity index (χ2v) is 2.98. The Bertz CT molecular complexity index is 349. The molecule has 0 bridgehead atoms. The van der Waals surface area contributed by atoms with Crippen molar-refractivity contribution in [1.82, 2.24) is 0 Å². The van der Waals surface area contributed by atoms with E-state index in [2.05, 4.69) is 0 Å². The summed E-state index contributed by atoms with van der Waals surface area (Å²) in [6.45, 7) is 1.76. The van der Waals surface area contributed by atoms with Crippen LogP contribution in [0.1, 0.15) is 17.2 Å². The normalized spacial score (nSPS) is 12.5. The lowest BCUT2D eigenvalue weighted by atomic mass is 10.1. The lowest BCUT2D eigenvalue weighted by molar-refractivity contribution is -0.149. The molecule has 1 aromatic rings. The van der Waals surface area contributed by atoms with Gasteiger partial charge in [-0.3, -0.25) is 0 Å². The van der Waals surface area contributed by atoms with Crippen LogP contribution in [0.2, 0.25) is 0 Å². The summed E-state index contributed by atoms with van der Waals surface area (Å²) < 4.78 is 17.9. The maximum atomic E-state index is 13.2. The second-order valence-electron chi connectivity index (χ2n) is 2.98. The van der Waals surface area contributed by atoms with Gasteiger partial charge in [-0.15, -0.1) is 0 Å². The summed E-state index contributed by atoms with van der Waals surface area (Å²) in [6, 6.07) is 4.28. The molecule has 1 atom stereocenters. The molecule has 0 saturated carbocycles. The van der Waals surface area contributed by atoms with Crippen LogP contribution in [0.4, 0.5) is 4.39 Å². The molecule has 0 radical (unpaired) electrons. The largest absolute Gasteiger partial charge is 0.479 e. The number of carboxylic acids is 1. The molecular formula is C10H11FO3. The summed E-state index contributed by atoms with van der Waals surface area (Å²) in [5.41, 5.74) is 0.852. The first kappa shape index (κ1) is 10.7.